The van der Waals surface area contributed by atoms with Gasteiger partial charge in [-0.1, -0.05) is 43.9 Å². The zero-order valence-electron chi connectivity index (χ0n) is 12.8. The Morgan fingerprint density at radius 1 is 1.52 bits per heavy atom. The van der Waals surface area contributed by atoms with Crippen LogP contribution in [0.15, 0.2) is 39.9 Å². The number of carboxylic acids is 1. The van der Waals surface area contributed by atoms with Gasteiger partial charge in [-0.25, -0.2) is 4.79 Å². The van der Waals surface area contributed by atoms with E-state index in [0.717, 1.165) is 11.8 Å². The minimum absolute atomic E-state index is 0.142. The predicted molar refractivity (Wildman–Crippen MR) is 93.7 cm³/mol. The highest BCUT2D eigenvalue weighted by Gasteiger charge is 2.40. The number of hydrogen-bond donors (Lipinski definition) is 1. The fourth-order valence-corrected chi connectivity index (χ4v) is 3.45. The summed E-state index contributed by atoms with van der Waals surface area (Å²) >= 11 is 6.31. The highest BCUT2D eigenvalue weighted by atomic mass is 32.2. The van der Waals surface area contributed by atoms with Crippen molar-refractivity contribution in [3.63, 3.8) is 0 Å². The van der Waals surface area contributed by atoms with E-state index in [4.69, 9.17) is 16.6 Å². The van der Waals surface area contributed by atoms with Crippen molar-refractivity contribution < 1.29 is 19.1 Å². The molecule has 2 rings (SSSR count). The molecule has 0 unspecified atom stereocenters. The second-order valence-corrected chi connectivity index (χ2v) is 7.11. The number of hydrogen-bond acceptors (Lipinski definition) is 5. The second kappa shape index (κ2) is 7.61. The SMILES string of the molecule is CC(C)C[C@H](C(=O)O)N1C(=O)/C(=C\C=C\c2ccco2)SC1=S. The molecule has 0 bridgehead atoms. The summed E-state index contributed by atoms with van der Waals surface area (Å²) in [6.07, 6.45) is 6.94. The highest BCUT2D eigenvalue weighted by molar-refractivity contribution is 8.26. The normalized spacial score (nSPS) is 18.6. The van der Waals surface area contributed by atoms with Gasteiger partial charge in [0.1, 0.15) is 16.1 Å². The van der Waals surface area contributed by atoms with Gasteiger partial charge in [-0.3, -0.25) is 9.69 Å². The summed E-state index contributed by atoms with van der Waals surface area (Å²) in [5, 5.41) is 9.40. The highest BCUT2D eigenvalue weighted by Crippen LogP contribution is 2.34. The van der Waals surface area contributed by atoms with Crippen LogP contribution in [0.2, 0.25) is 0 Å². The molecule has 0 aromatic carbocycles. The number of furan rings is 1. The van der Waals surface area contributed by atoms with E-state index < -0.39 is 12.0 Å². The Kier molecular flexibility index (Phi) is 5.79. The van der Waals surface area contributed by atoms with E-state index in [1.54, 1.807) is 36.6 Å². The van der Waals surface area contributed by atoms with Crippen LogP contribution in [0.5, 0.6) is 0 Å². The standard InChI is InChI=1S/C16H17NO4S2/c1-10(2)9-12(15(19)20)17-14(18)13(23-16(17)22)7-3-5-11-6-4-8-21-11/h3-8,10,12H,9H2,1-2H3,(H,19,20)/b5-3+,13-7+/t12-/m1/s1. The topological polar surface area (TPSA) is 70.8 Å². The number of rotatable bonds is 6. The van der Waals surface area contributed by atoms with E-state index in [9.17, 15) is 14.7 Å². The minimum atomic E-state index is -1.04. The van der Waals surface area contributed by atoms with E-state index in [-0.39, 0.29) is 16.1 Å². The molecule has 7 heteroatoms. The average molecular weight is 351 g/mol. The molecule has 1 N–H and O–H groups in total. The summed E-state index contributed by atoms with van der Waals surface area (Å²) in [5.74, 6) is -0.594. The van der Waals surface area contributed by atoms with Gasteiger partial charge >= 0.3 is 5.97 Å². The van der Waals surface area contributed by atoms with Crippen molar-refractivity contribution in [1.29, 1.82) is 0 Å². The third-order valence-electron chi connectivity index (χ3n) is 3.17. The molecule has 0 spiro atoms. The van der Waals surface area contributed by atoms with Crippen LogP contribution in [-0.4, -0.2) is 32.2 Å². The molecule has 0 saturated carbocycles. The van der Waals surface area contributed by atoms with E-state index in [1.165, 1.54) is 4.90 Å². The number of thioether (sulfide) groups is 1. The average Bonchev–Trinajstić information content (AvgIpc) is 3.06. The molecule has 0 aliphatic carbocycles. The molecule has 2 heterocycles. The van der Waals surface area contributed by atoms with Gasteiger partial charge in [0.25, 0.3) is 5.91 Å². The lowest BCUT2D eigenvalue weighted by Gasteiger charge is -2.24. The molecule has 1 saturated heterocycles. The number of nitrogens with zero attached hydrogens (tertiary/aromatic N) is 1. The molecular weight excluding hydrogens is 334 g/mol. The lowest BCUT2D eigenvalue weighted by atomic mass is 10.0. The first kappa shape index (κ1) is 17.5. The monoisotopic (exact) mass is 351 g/mol. The van der Waals surface area contributed by atoms with E-state index >= 15 is 0 Å². The molecule has 1 atom stereocenters. The van der Waals surface area contributed by atoms with Crippen LogP contribution < -0.4 is 0 Å². The van der Waals surface area contributed by atoms with Crippen molar-refractivity contribution in [3.05, 3.63) is 41.2 Å². The van der Waals surface area contributed by atoms with Crippen molar-refractivity contribution in [1.82, 2.24) is 4.90 Å². The van der Waals surface area contributed by atoms with Crippen LogP contribution >= 0.6 is 24.0 Å². The quantitative estimate of drug-likeness (QED) is 0.624. The largest absolute Gasteiger partial charge is 0.480 e. The fourth-order valence-electron chi connectivity index (χ4n) is 2.14. The number of allylic oxidation sites excluding steroid dienone is 2. The van der Waals surface area contributed by atoms with Gasteiger partial charge in [-0.2, -0.15) is 0 Å². The maximum atomic E-state index is 12.5. The number of amides is 1. The molecule has 1 fully saturated rings. The lowest BCUT2D eigenvalue weighted by Crippen LogP contribution is -2.44. The number of carbonyl (C=O) groups is 2. The van der Waals surface area contributed by atoms with Gasteiger partial charge in [0, 0.05) is 0 Å². The Balaban J connectivity index is 2.16. The Hall–Kier alpha value is -1.86. The predicted octanol–water partition coefficient (Wildman–Crippen LogP) is 3.54. The van der Waals surface area contributed by atoms with Crippen LogP contribution in [0.4, 0.5) is 0 Å². The van der Waals surface area contributed by atoms with Gasteiger partial charge in [0.2, 0.25) is 0 Å². The van der Waals surface area contributed by atoms with Gasteiger partial charge < -0.3 is 9.52 Å². The molecule has 1 aliphatic heterocycles. The van der Waals surface area contributed by atoms with Crippen LogP contribution in [-0.2, 0) is 9.59 Å². The smallest absolute Gasteiger partial charge is 0.326 e. The third kappa shape index (κ3) is 4.33. The molecular formula is C16H17NO4S2. The summed E-state index contributed by atoms with van der Waals surface area (Å²) in [7, 11) is 0. The van der Waals surface area contributed by atoms with Crippen LogP contribution in [0.1, 0.15) is 26.0 Å². The van der Waals surface area contributed by atoms with E-state index in [1.807, 2.05) is 13.8 Å². The summed E-state index contributed by atoms with van der Waals surface area (Å²) in [4.78, 5) is 25.6. The molecule has 1 amide bonds. The fraction of sp³-hybridized carbons (Fsp3) is 0.312. The maximum absolute atomic E-state index is 12.5. The number of carbonyl (C=O) groups excluding carboxylic acids is 1. The number of thiocarbonyl (C=S) groups is 1. The summed E-state index contributed by atoms with van der Waals surface area (Å²) in [6, 6.07) is 2.63. The number of aliphatic carboxylic acids is 1. The van der Waals surface area contributed by atoms with Crippen molar-refractivity contribution >= 4 is 46.3 Å². The summed E-state index contributed by atoms with van der Waals surface area (Å²) in [6.45, 7) is 3.82. The Morgan fingerprint density at radius 2 is 2.26 bits per heavy atom. The first-order chi connectivity index (χ1) is 10.9. The molecule has 122 valence electrons. The minimum Gasteiger partial charge on any atom is -0.480 e. The third-order valence-corrected chi connectivity index (χ3v) is 4.51. The summed E-state index contributed by atoms with van der Waals surface area (Å²) in [5.41, 5.74) is 0. The molecule has 5 nitrogen and oxygen atoms in total. The van der Waals surface area contributed by atoms with Crippen LogP contribution in [0.25, 0.3) is 6.08 Å². The Bertz CT molecular complexity index is 662. The van der Waals surface area contributed by atoms with Crippen LogP contribution in [0.3, 0.4) is 0 Å². The molecule has 1 aliphatic rings. The lowest BCUT2D eigenvalue weighted by molar-refractivity contribution is -0.145. The first-order valence-electron chi connectivity index (χ1n) is 7.10. The summed E-state index contributed by atoms with van der Waals surface area (Å²) < 4.78 is 5.44. The Labute approximate surface area is 144 Å². The van der Waals surface area contributed by atoms with Crippen molar-refractivity contribution in [2.24, 2.45) is 5.92 Å². The maximum Gasteiger partial charge on any atom is 0.326 e. The van der Waals surface area contributed by atoms with E-state index in [2.05, 4.69) is 0 Å². The van der Waals surface area contributed by atoms with Crippen molar-refractivity contribution in [2.75, 3.05) is 0 Å². The van der Waals surface area contributed by atoms with Gasteiger partial charge in [-0.15, -0.1) is 0 Å². The van der Waals surface area contributed by atoms with Gasteiger partial charge in [-0.05, 0) is 36.6 Å². The zero-order chi connectivity index (χ0) is 17.0. The van der Waals surface area contributed by atoms with Crippen molar-refractivity contribution in [3.8, 4) is 0 Å². The first-order valence-corrected chi connectivity index (χ1v) is 8.32. The molecule has 1 aromatic rings. The second-order valence-electron chi connectivity index (χ2n) is 5.43. The zero-order valence-corrected chi connectivity index (χ0v) is 14.4. The number of carboxylic acid groups (broad SMARTS) is 1. The van der Waals surface area contributed by atoms with Gasteiger partial charge in [0.05, 0.1) is 11.2 Å². The van der Waals surface area contributed by atoms with E-state index in [0.29, 0.717) is 17.1 Å². The van der Waals surface area contributed by atoms with Crippen molar-refractivity contribution in [2.45, 2.75) is 26.3 Å². The molecule has 23 heavy (non-hydrogen) atoms. The Morgan fingerprint density at radius 3 is 2.83 bits per heavy atom. The molecule has 1 aromatic heterocycles. The van der Waals surface area contributed by atoms with Gasteiger partial charge in [0.15, 0.2) is 0 Å². The van der Waals surface area contributed by atoms with Crippen LogP contribution in [0, 0.1) is 5.92 Å². The molecule has 0 radical (unpaired) electrons.